The number of hydrazone groups is 1. The fraction of sp³-hybridized carbons (Fsp3) is 0.222. The SMILES string of the molecule is C=CCn1c(NN=C(C)c2ccc(O)cc2)nc2c1c(=O)n(C)c(=O)n2C. The summed E-state index contributed by atoms with van der Waals surface area (Å²) in [5, 5.41) is 13.7. The third-order valence-corrected chi connectivity index (χ3v) is 4.27. The number of hydrogen-bond acceptors (Lipinski definition) is 6. The average Bonchev–Trinajstić information content (AvgIpc) is 3.02. The van der Waals surface area contributed by atoms with E-state index in [0.717, 1.165) is 10.1 Å². The highest BCUT2D eigenvalue weighted by Crippen LogP contribution is 2.16. The number of hydrogen-bond donors (Lipinski definition) is 2. The molecule has 0 spiro atoms. The van der Waals surface area contributed by atoms with Gasteiger partial charge in [-0.1, -0.05) is 6.08 Å². The van der Waals surface area contributed by atoms with E-state index in [4.69, 9.17) is 0 Å². The number of aryl methyl sites for hydroxylation is 1. The summed E-state index contributed by atoms with van der Waals surface area (Å²) < 4.78 is 3.98. The van der Waals surface area contributed by atoms with E-state index in [9.17, 15) is 14.7 Å². The molecular formula is C18H20N6O3. The van der Waals surface area contributed by atoms with Gasteiger partial charge in [-0.25, -0.2) is 10.2 Å². The standard InChI is InChI=1S/C18H20N6O3/c1-5-10-24-14-15(22(3)18(27)23(4)16(14)26)19-17(24)21-20-11(2)12-6-8-13(25)9-7-12/h5-9,25H,1,10H2,2-4H3,(H,19,21). The Kier molecular flexibility index (Phi) is 4.68. The molecule has 0 atom stereocenters. The third-order valence-electron chi connectivity index (χ3n) is 4.27. The van der Waals surface area contributed by atoms with Crippen molar-refractivity contribution in [2.75, 3.05) is 5.43 Å². The zero-order valence-electron chi connectivity index (χ0n) is 15.3. The number of allylic oxidation sites excluding steroid dienone is 1. The van der Waals surface area contributed by atoms with Gasteiger partial charge in [0.1, 0.15) is 5.75 Å². The van der Waals surface area contributed by atoms with Crippen molar-refractivity contribution in [2.45, 2.75) is 13.5 Å². The van der Waals surface area contributed by atoms with Crippen molar-refractivity contribution in [2.24, 2.45) is 19.2 Å². The second-order valence-electron chi connectivity index (χ2n) is 6.07. The molecule has 0 saturated carbocycles. The molecule has 2 heterocycles. The van der Waals surface area contributed by atoms with Crippen LogP contribution in [0, 0.1) is 0 Å². The normalized spacial score (nSPS) is 11.7. The van der Waals surface area contributed by atoms with E-state index in [1.807, 2.05) is 0 Å². The number of anilines is 1. The summed E-state index contributed by atoms with van der Waals surface area (Å²) in [6.07, 6.45) is 1.63. The van der Waals surface area contributed by atoms with Crippen molar-refractivity contribution in [3.05, 3.63) is 63.3 Å². The Morgan fingerprint density at radius 3 is 2.56 bits per heavy atom. The average molecular weight is 368 g/mol. The van der Waals surface area contributed by atoms with Gasteiger partial charge in [-0.2, -0.15) is 10.1 Å². The minimum atomic E-state index is -0.453. The van der Waals surface area contributed by atoms with E-state index in [0.29, 0.717) is 23.7 Å². The zero-order valence-corrected chi connectivity index (χ0v) is 15.3. The first-order chi connectivity index (χ1) is 12.8. The number of imidazole rings is 1. The molecule has 2 aromatic heterocycles. The molecule has 9 nitrogen and oxygen atoms in total. The Bertz CT molecular complexity index is 1170. The number of aromatic nitrogens is 4. The van der Waals surface area contributed by atoms with Gasteiger partial charge in [0.05, 0.1) is 5.71 Å². The molecule has 0 unspecified atom stereocenters. The van der Waals surface area contributed by atoms with E-state index in [-0.39, 0.29) is 11.4 Å². The molecule has 27 heavy (non-hydrogen) atoms. The maximum atomic E-state index is 12.6. The van der Waals surface area contributed by atoms with Crippen LogP contribution < -0.4 is 16.7 Å². The fourth-order valence-corrected chi connectivity index (χ4v) is 2.74. The smallest absolute Gasteiger partial charge is 0.332 e. The number of benzene rings is 1. The molecule has 3 rings (SSSR count). The summed E-state index contributed by atoms with van der Waals surface area (Å²) in [4.78, 5) is 29.1. The molecule has 2 N–H and O–H groups in total. The van der Waals surface area contributed by atoms with Gasteiger partial charge in [-0.05, 0) is 36.8 Å². The van der Waals surface area contributed by atoms with Crippen molar-refractivity contribution in [1.29, 1.82) is 0 Å². The molecule has 140 valence electrons. The van der Waals surface area contributed by atoms with E-state index in [1.54, 1.807) is 48.9 Å². The molecule has 0 fully saturated rings. The van der Waals surface area contributed by atoms with Crippen molar-refractivity contribution in [1.82, 2.24) is 18.7 Å². The Labute approximate surface area is 154 Å². The molecule has 0 amide bonds. The molecule has 1 aromatic carbocycles. The van der Waals surface area contributed by atoms with Gasteiger partial charge in [0, 0.05) is 20.6 Å². The van der Waals surface area contributed by atoms with Crippen LogP contribution in [0.3, 0.4) is 0 Å². The number of phenols is 1. The van der Waals surface area contributed by atoms with Crippen LogP contribution in [-0.4, -0.2) is 29.5 Å². The van der Waals surface area contributed by atoms with Crippen LogP contribution in [0.25, 0.3) is 11.2 Å². The maximum Gasteiger partial charge on any atom is 0.332 e. The van der Waals surface area contributed by atoms with Crippen molar-refractivity contribution >= 4 is 22.8 Å². The lowest BCUT2D eigenvalue weighted by molar-refractivity contribution is 0.475. The summed E-state index contributed by atoms with van der Waals surface area (Å²) in [6.45, 7) is 5.83. The van der Waals surface area contributed by atoms with E-state index >= 15 is 0 Å². The maximum absolute atomic E-state index is 12.6. The Balaban J connectivity index is 2.11. The van der Waals surface area contributed by atoms with Crippen molar-refractivity contribution in [3.8, 4) is 5.75 Å². The molecule has 0 aliphatic heterocycles. The second-order valence-corrected chi connectivity index (χ2v) is 6.07. The highest BCUT2D eigenvalue weighted by molar-refractivity contribution is 5.99. The van der Waals surface area contributed by atoms with Crippen LogP contribution in [0.1, 0.15) is 12.5 Å². The molecule has 0 aliphatic rings. The first-order valence-electron chi connectivity index (χ1n) is 8.22. The van der Waals surface area contributed by atoms with Gasteiger partial charge in [0.15, 0.2) is 11.2 Å². The first kappa shape index (κ1) is 18.2. The van der Waals surface area contributed by atoms with E-state index in [1.165, 1.54) is 11.6 Å². The molecule has 0 aliphatic carbocycles. The largest absolute Gasteiger partial charge is 0.508 e. The predicted octanol–water partition coefficient (Wildman–Crippen LogP) is 1.16. The van der Waals surface area contributed by atoms with Gasteiger partial charge in [-0.3, -0.25) is 18.5 Å². The van der Waals surface area contributed by atoms with Gasteiger partial charge >= 0.3 is 5.69 Å². The lowest BCUT2D eigenvalue weighted by atomic mass is 10.1. The third kappa shape index (κ3) is 3.14. The van der Waals surface area contributed by atoms with Crippen molar-refractivity contribution in [3.63, 3.8) is 0 Å². The molecule has 0 radical (unpaired) electrons. The van der Waals surface area contributed by atoms with Crippen LogP contribution in [0.15, 0.2) is 51.6 Å². The monoisotopic (exact) mass is 368 g/mol. The number of phenolic OH excluding ortho intramolecular Hbond substituents is 1. The van der Waals surface area contributed by atoms with Crippen molar-refractivity contribution < 1.29 is 5.11 Å². The Morgan fingerprint density at radius 1 is 1.26 bits per heavy atom. The van der Waals surface area contributed by atoms with Crippen LogP contribution in [0.2, 0.25) is 0 Å². The highest BCUT2D eigenvalue weighted by atomic mass is 16.3. The molecule has 3 aromatic rings. The first-order valence-corrected chi connectivity index (χ1v) is 8.22. The second kappa shape index (κ2) is 6.94. The summed E-state index contributed by atoms with van der Waals surface area (Å²) in [7, 11) is 2.99. The predicted molar refractivity (Wildman–Crippen MR) is 104 cm³/mol. The summed E-state index contributed by atoms with van der Waals surface area (Å²) in [5.74, 6) is 0.491. The minimum absolute atomic E-state index is 0.170. The number of aromatic hydroxyl groups is 1. The molecular weight excluding hydrogens is 348 g/mol. The molecule has 9 heteroatoms. The minimum Gasteiger partial charge on any atom is -0.508 e. The van der Waals surface area contributed by atoms with Crippen LogP contribution in [-0.2, 0) is 20.6 Å². The number of nitrogens with one attached hydrogen (secondary N) is 1. The summed E-state index contributed by atoms with van der Waals surface area (Å²) in [6, 6.07) is 6.62. The summed E-state index contributed by atoms with van der Waals surface area (Å²) in [5.41, 5.74) is 4.01. The van der Waals surface area contributed by atoms with Gasteiger partial charge in [0.25, 0.3) is 5.56 Å². The molecule has 0 saturated heterocycles. The lowest BCUT2D eigenvalue weighted by Gasteiger charge is -2.07. The Morgan fingerprint density at radius 2 is 1.93 bits per heavy atom. The Hall–Kier alpha value is -3.62. The number of fused-ring (bicyclic) bond motifs is 1. The van der Waals surface area contributed by atoms with Crippen LogP contribution in [0.5, 0.6) is 5.75 Å². The van der Waals surface area contributed by atoms with Gasteiger partial charge in [0.2, 0.25) is 5.95 Å². The topological polar surface area (TPSA) is 106 Å². The van der Waals surface area contributed by atoms with Crippen LogP contribution >= 0.6 is 0 Å². The lowest BCUT2D eigenvalue weighted by Crippen LogP contribution is -2.37. The van der Waals surface area contributed by atoms with E-state index < -0.39 is 11.2 Å². The highest BCUT2D eigenvalue weighted by Gasteiger charge is 2.18. The van der Waals surface area contributed by atoms with Crippen LogP contribution in [0.4, 0.5) is 5.95 Å². The zero-order chi connectivity index (χ0) is 19.7. The number of nitrogens with zero attached hydrogens (tertiary/aromatic N) is 5. The number of rotatable bonds is 5. The fourth-order valence-electron chi connectivity index (χ4n) is 2.74. The van der Waals surface area contributed by atoms with Gasteiger partial charge < -0.3 is 5.11 Å². The van der Waals surface area contributed by atoms with Gasteiger partial charge in [-0.15, -0.1) is 6.58 Å². The quantitative estimate of drug-likeness (QED) is 0.399. The van der Waals surface area contributed by atoms with E-state index in [2.05, 4.69) is 22.1 Å². The summed E-state index contributed by atoms with van der Waals surface area (Å²) >= 11 is 0. The molecule has 0 bridgehead atoms.